The molecule has 1 N–H and O–H groups in total. The van der Waals surface area contributed by atoms with Gasteiger partial charge in [-0.25, -0.2) is 5.43 Å². The zero-order valence-corrected chi connectivity index (χ0v) is 12.6. The zero-order valence-electron chi connectivity index (χ0n) is 12.6. The molecule has 0 unspecified atom stereocenters. The monoisotopic (exact) mass is 260 g/mol. The molecule has 0 saturated heterocycles. The zero-order chi connectivity index (χ0) is 14.5. The lowest BCUT2D eigenvalue weighted by Crippen LogP contribution is -2.19. The Morgan fingerprint density at radius 2 is 1.79 bits per heavy atom. The molecule has 19 heavy (non-hydrogen) atoms. The van der Waals surface area contributed by atoms with Crippen LogP contribution in [0.15, 0.2) is 29.4 Å². The lowest BCUT2D eigenvalue weighted by atomic mass is 9.87. The van der Waals surface area contributed by atoms with Gasteiger partial charge in [0.25, 0.3) is 5.91 Å². The Labute approximate surface area is 116 Å². The van der Waals surface area contributed by atoms with Crippen LogP contribution in [-0.2, 0) is 5.41 Å². The van der Waals surface area contributed by atoms with Crippen LogP contribution in [0.4, 0.5) is 0 Å². The second-order valence-electron chi connectivity index (χ2n) is 5.87. The summed E-state index contributed by atoms with van der Waals surface area (Å²) in [5.74, 6) is -0.157. The van der Waals surface area contributed by atoms with Gasteiger partial charge in [-0.1, -0.05) is 46.2 Å². The molecule has 0 atom stereocenters. The van der Waals surface area contributed by atoms with Gasteiger partial charge in [-0.15, -0.1) is 0 Å². The van der Waals surface area contributed by atoms with Crippen molar-refractivity contribution in [3.05, 3.63) is 35.4 Å². The molecule has 0 fully saturated rings. The fourth-order valence-corrected chi connectivity index (χ4v) is 1.75. The van der Waals surface area contributed by atoms with Crippen molar-refractivity contribution in [2.75, 3.05) is 0 Å². The van der Waals surface area contributed by atoms with E-state index in [9.17, 15) is 4.79 Å². The van der Waals surface area contributed by atoms with Crippen LogP contribution in [-0.4, -0.2) is 11.6 Å². The molecule has 1 amide bonds. The quantitative estimate of drug-likeness (QED) is 0.647. The maximum atomic E-state index is 11.9. The van der Waals surface area contributed by atoms with E-state index in [1.54, 1.807) is 0 Å². The summed E-state index contributed by atoms with van der Waals surface area (Å²) in [6.45, 7) is 10.5. The minimum Gasteiger partial charge on any atom is -0.267 e. The van der Waals surface area contributed by atoms with Crippen LogP contribution in [0, 0.1) is 0 Å². The fourth-order valence-electron chi connectivity index (χ4n) is 1.75. The van der Waals surface area contributed by atoms with Gasteiger partial charge in [-0.05, 0) is 36.5 Å². The van der Waals surface area contributed by atoms with Gasteiger partial charge in [0.2, 0.25) is 0 Å². The number of benzene rings is 1. The molecule has 0 aromatic heterocycles. The van der Waals surface area contributed by atoms with E-state index in [1.807, 2.05) is 31.2 Å². The SMILES string of the molecule is CCC/C(C)=N\NC(=O)c1ccc(C(C)(C)C)cc1. The minimum atomic E-state index is -0.157. The number of nitrogens with one attached hydrogen (secondary N) is 1. The predicted molar refractivity (Wildman–Crippen MR) is 80.6 cm³/mol. The Hall–Kier alpha value is -1.64. The average molecular weight is 260 g/mol. The van der Waals surface area contributed by atoms with Crippen LogP contribution >= 0.6 is 0 Å². The molecule has 3 nitrogen and oxygen atoms in total. The molecule has 0 heterocycles. The van der Waals surface area contributed by atoms with Gasteiger partial charge in [-0.2, -0.15) is 5.10 Å². The van der Waals surface area contributed by atoms with E-state index >= 15 is 0 Å². The summed E-state index contributed by atoms with van der Waals surface area (Å²) in [4.78, 5) is 11.9. The number of hydrogen-bond donors (Lipinski definition) is 1. The van der Waals surface area contributed by atoms with Gasteiger partial charge in [0.05, 0.1) is 0 Å². The Bertz CT molecular complexity index is 453. The molecule has 0 aliphatic carbocycles. The third kappa shape index (κ3) is 4.86. The standard InChI is InChI=1S/C16H24N2O/c1-6-7-12(2)17-18-15(19)13-8-10-14(11-9-13)16(3,4)5/h8-11H,6-7H2,1-5H3,(H,18,19)/b17-12-. The van der Waals surface area contributed by atoms with Gasteiger partial charge >= 0.3 is 0 Å². The van der Waals surface area contributed by atoms with Crippen molar-refractivity contribution < 1.29 is 4.79 Å². The lowest BCUT2D eigenvalue weighted by Gasteiger charge is -2.18. The molecule has 1 aromatic carbocycles. The number of hydrazone groups is 1. The van der Waals surface area contributed by atoms with Crippen LogP contribution in [0.2, 0.25) is 0 Å². The van der Waals surface area contributed by atoms with E-state index in [1.165, 1.54) is 5.56 Å². The molecule has 0 saturated carbocycles. The van der Waals surface area contributed by atoms with E-state index < -0.39 is 0 Å². The topological polar surface area (TPSA) is 41.5 Å². The van der Waals surface area contributed by atoms with E-state index in [2.05, 4.69) is 38.2 Å². The van der Waals surface area contributed by atoms with Crippen LogP contribution in [0.3, 0.4) is 0 Å². The number of rotatable bonds is 4. The van der Waals surface area contributed by atoms with Crippen molar-refractivity contribution in [3.8, 4) is 0 Å². The highest BCUT2D eigenvalue weighted by atomic mass is 16.2. The van der Waals surface area contributed by atoms with Crippen molar-refractivity contribution in [2.45, 2.75) is 52.9 Å². The molecule has 0 radical (unpaired) electrons. The summed E-state index contributed by atoms with van der Waals surface area (Å²) in [5.41, 5.74) is 5.50. The van der Waals surface area contributed by atoms with Crippen molar-refractivity contribution in [3.63, 3.8) is 0 Å². The number of nitrogens with zero attached hydrogens (tertiary/aromatic N) is 1. The number of hydrogen-bond acceptors (Lipinski definition) is 2. The van der Waals surface area contributed by atoms with Crippen molar-refractivity contribution in [2.24, 2.45) is 5.10 Å². The second kappa shape index (κ2) is 6.50. The first-order valence-electron chi connectivity index (χ1n) is 6.78. The molecule has 1 aromatic rings. The van der Waals surface area contributed by atoms with Crippen molar-refractivity contribution >= 4 is 11.6 Å². The van der Waals surface area contributed by atoms with E-state index in [0.29, 0.717) is 5.56 Å². The largest absolute Gasteiger partial charge is 0.271 e. The Balaban J connectivity index is 2.71. The normalized spacial score (nSPS) is 12.4. The first kappa shape index (κ1) is 15.4. The highest BCUT2D eigenvalue weighted by Crippen LogP contribution is 2.22. The lowest BCUT2D eigenvalue weighted by molar-refractivity contribution is 0.0954. The number of amides is 1. The summed E-state index contributed by atoms with van der Waals surface area (Å²) in [6, 6.07) is 7.69. The van der Waals surface area contributed by atoms with Crippen LogP contribution < -0.4 is 5.43 Å². The highest BCUT2D eigenvalue weighted by Gasteiger charge is 2.14. The van der Waals surface area contributed by atoms with Crippen LogP contribution in [0.1, 0.15) is 63.4 Å². The summed E-state index contributed by atoms with van der Waals surface area (Å²) < 4.78 is 0. The third-order valence-corrected chi connectivity index (χ3v) is 2.97. The summed E-state index contributed by atoms with van der Waals surface area (Å²) in [5, 5.41) is 4.08. The van der Waals surface area contributed by atoms with Crippen LogP contribution in [0.5, 0.6) is 0 Å². The summed E-state index contributed by atoms with van der Waals surface area (Å²) >= 11 is 0. The fraction of sp³-hybridized carbons (Fsp3) is 0.500. The second-order valence-corrected chi connectivity index (χ2v) is 5.87. The van der Waals surface area contributed by atoms with Gasteiger partial charge < -0.3 is 0 Å². The first-order valence-corrected chi connectivity index (χ1v) is 6.78. The predicted octanol–water partition coefficient (Wildman–Crippen LogP) is 3.89. The summed E-state index contributed by atoms with van der Waals surface area (Å²) in [6.07, 6.45) is 1.94. The Kier molecular flexibility index (Phi) is 5.28. The van der Waals surface area contributed by atoms with Crippen molar-refractivity contribution in [1.29, 1.82) is 0 Å². The smallest absolute Gasteiger partial charge is 0.267 e. The Morgan fingerprint density at radius 1 is 1.21 bits per heavy atom. The minimum absolute atomic E-state index is 0.102. The molecule has 0 aliphatic rings. The maximum Gasteiger partial charge on any atom is 0.271 e. The van der Waals surface area contributed by atoms with Gasteiger partial charge in [0.1, 0.15) is 0 Å². The molecule has 1 rings (SSSR count). The van der Waals surface area contributed by atoms with E-state index in [0.717, 1.165) is 18.6 Å². The maximum absolute atomic E-state index is 11.9. The van der Waals surface area contributed by atoms with E-state index in [-0.39, 0.29) is 11.3 Å². The van der Waals surface area contributed by atoms with Crippen LogP contribution in [0.25, 0.3) is 0 Å². The average Bonchev–Trinajstić information content (AvgIpc) is 2.35. The highest BCUT2D eigenvalue weighted by molar-refractivity contribution is 5.95. The molecule has 0 spiro atoms. The molecule has 0 aliphatic heterocycles. The first-order chi connectivity index (χ1) is 8.84. The van der Waals surface area contributed by atoms with E-state index in [4.69, 9.17) is 0 Å². The molecule has 3 heteroatoms. The number of carbonyl (C=O) groups is 1. The molecule has 0 bridgehead atoms. The third-order valence-electron chi connectivity index (χ3n) is 2.97. The Morgan fingerprint density at radius 3 is 2.26 bits per heavy atom. The molecular weight excluding hydrogens is 236 g/mol. The van der Waals surface area contributed by atoms with Gasteiger partial charge in [-0.3, -0.25) is 4.79 Å². The molecular formula is C16H24N2O. The number of carbonyl (C=O) groups excluding carboxylic acids is 1. The van der Waals surface area contributed by atoms with Crippen molar-refractivity contribution in [1.82, 2.24) is 5.43 Å². The van der Waals surface area contributed by atoms with Gasteiger partial charge in [0.15, 0.2) is 0 Å². The van der Waals surface area contributed by atoms with Gasteiger partial charge in [0, 0.05) is 11.3 Å². The summed E-state index contributed by atoms with van der Waals surface area (Å²) in [7, 11) is 0. The molecule has 104 valence electrons.